The molecule has 2 N–H and O–H groups in total. The summed E-state index contributed by atoms with van der Waals surface area (Å²) >= 11 is 11.8. The fourth-order valence-corrected chi connectivity index (χ4v) is 2.56. The molecule has 0 unspecified atom stereocenters. The molecule has 2 aromatic carbocycles. The van der Waals surface area contributed by atoms with E-state index in [1.54, 1.807) is 43.5 Å². The summed E-state index contributed by atoms with van der Waals surface area (Å²) in [5.74, 6) is 0.00360. The Balaban J connectivity index is 1.74. The van der Waals surface area contributed by atoms with Crippen molar-refractivity contribution in [1.82, 2.24) is 10.9 Å². The SMILES string of the molecule is COc1ccc(CCC(=O)NNC(=O)Cc2ccc(Cl)cc2)cc1Cl. The van der Waals surface area contributed by atoms with E-state index in [-0.39, 0.29) is 24.7 Å². The first-order valence-corrected chi connectivity index (χ1v) is 8.38. The molecule has 2 amide bonds. The number of hydrogen-bond donors (Lipinski definition) is 2. The maximum Gasteiger partial charge on any atom is 0.242 e. The van der Waals surface area contributed by atoms with E-state index in [9.17, 15) is 9.59 Å². The minimum absolute atomic E-state index is 0.158. The van der Waals surface area contributed by atoms with Crippen LogP contribution in [-0.2, 0) is 22.4 Å². The van der Waals surface area contributed by atoms with Crippen molar-refractivity contribution in [2.24, 2.45) is 0 Å². The lowest BCUT2D eigenvalue weighted by Crippen LogP contribution is -2.42. The number of nitrogens with one attached hydrogen (secondary N) is 2. The molecule has 0 radical (unpaired) electrons. The third-order valence-corrected chi connectivity index (χ3v) is 4.02. The second-order valence-corrected chi connectivity index (χ2v) is 6.21. The lowest BCUT2D eigenvalue weighted by molar-refractivity contribution is -0.128. The number of rotatable bonds is 6. The lowest BCUT2D eigenvalue weighted by Gasteiger charge is -2.08. The molecule has 25 heavy (non-hydrogen) atoms. The molecule has 0 aliphatic rings. The summed E-state index contributed by atoms with van der Waals surface area (Å²) in [6.07, 6.45) is 0.887. The summed E-state index contributed by atoms with van der Waals surface area (Å²) in [6.45, 7) is 0. The number of carbonyl (C=O) groups is 2. The van der Waals surface area contributed by atoms with E-state index in [0.29, 0.717) is 22.2 Å². The molecule has 0 spiro atoms. The van der Waals surface area contributed by atoms with Crippen LogP contribution in [0.25, 0.3) is 0 Å². The maximum absolute atomic E-state index is 11.8. The zero-order chi connectivity index (χ0) is 18.2. The Morgan fingerprint density at radius 3 is 2.24 bits per heavy atom. The Hall–Kier alpha value is -2.24. The number of carbonyl (C=O) groups excluding carboxylic acids is 2. The van der Waals surface area contributed by atoms with E-state index >= 15 is 0 Å². The van der Waals surface area contributed by atoms with Gasteiger partial charge in [0, 0.05) is 11.4 Å². The average molecular weight is 381 g/mol. The third kappa shape index (κ3) is 6.29. The van der Waals surface area contributed by atoms with Gasteiger partial charge < -0.3 is 4.74 Å². The van der Waals surface area contributed by atoms with E-state index in [0.717, 1.165) is 11.1 Å². The minimum Gasteiger partial charge on any atom is -0.495 e. The van der Waals surface area contributed by atoms with E-state index in [1.807, 2.05) is 6.07 Å². The highest BCUT2D eigenvalue weighted by atomic mass is 35.5. The fourth-order valence-electron chi connectivity index (χ4n) is 2.16. The van der Waals surface area contributed by atoms with E-state index < -0.39 is 0 Å². The molecule has 0 fully saturated rings. The van der Waals surface area contributed by atoms with Crippen molar-refractivity contribution in [2.75, 3.05) is 7.11 Å². The average Bonchev–Trinajstić information content (AvgIpc) is 2.60. The van der Waals surface area contributed by atoms with Crippen molar-refractivity contribution in [1.29, 1.82) is 0 Å². The summed E-state index contributed by atoms with van der Waals surface area (Å²) in [5.41, 5.74) is 6.51. The van der Waals surface area contributed by atoms with Crippen LogP contribution >= 0.6 is 23.2 Å². The Bertz CT molecular complexity index is 748. The van der Waals surface area contributed by atoms with Gasteiger partial charge in [-0.05, 0) is 41.8 Å². The Morgan fingerprint density at radius 1 is 0.960 bits per heavy atom. The summed E-state index contributed by atoms with van der Waals surface area (Å²) < 4.78 is 5.08. The van der Waals surface area contributed by atoms with Crippen LogP contribution in [0.1, 0.15) is 17.5 Å². The van der Waals surface area contributed by atoms with E-state index in [4.69, 9.17) is 27.9 Å². The normalized spacial score (nSPS) is 10.2. The second-order valence-electron chi connectivity index (χ2n) is 5.37. The Kier molecular flexibility index (Phi) is 7.10. The standard InChI is InChI=1S/C18H18Cl2N2O3/c1-25-16-8-4-12(10-15(16)20)5-9-17(23)21-22-18(24)11-13-2-6-14(19)7-3-13/h2-4,6-8,10H,5,9,11H2,1H3,(H,21,23)(H,22,24). The first-order valence-electron chi connectivity index (χ1n) is 7.62. The van der Waals surface area contributed by atoms with Crippen LogP contribution in [0.15, 0.2) is 42.5 Å². The van der Waals surface area contributed by atoms with Crippen molar-refractivity contribution in [3.05, 3.63) is 63.6 Å². The van der Waals surface area contributed by atoms with Gasteiger partial charge in [0.05, 0.1) is 18.6 Å². The van der Waals surface area contributed by atoms with Crippen LogP contribution < -0.4 is 15.6 Å². The monoisotopic (exact) mass is 380 g/mol. The highest BCUT2D eigenvalue weighted by Gasteiger charge is 2.08. The highest BCUT2D eigenvalue weighted by Crippen LogP contribution is 2.25. The zero-order valence-corrected chi connectivity index (χ0v) is 15.2. The molecule has 0 aromatic heterocycles. The van der Waals surface area contributed by atoms with Gasteiger partial charge in [0.25, 0.3) is 0 Å². The van der Waals surface area contributed by atoms with Crippen molar-refractivity contribution in [3.8, 4) is 5.75 Å². The third-order valence-electron chi connectivity index (χ3n) is 3.48. The largest absolute Gasteiger partial charge is 0.495 e. The molecule has 0 aliphatic carbocycles. The molecule has 0 atom stereocenters. The fraction of sp³-hybridized carbons (Fsp3) is 0.222. The second kappa shape index (κ2) is 9.30. The van der Waals surface area contributed by atoms with Crippen molar-refractivity contribution in [2.45, 2.75) is 19.3 Å². The highest BCUT2D eigenvalue weighted by molar-refractivity contribution is 6.32. The van der Waals surface area contributed by atoms with Crippen LogP contribution in [0.2, 0.25) is 10.0 Å². The van der Waals surface area contributed by atoms with Gasteiger partial charge in [-0.1, -0.05) is 41.4 Å². The number of methoxy groups -OCH3 is 1. The first kappa shape index (κ1) is 19.1. The number of aryl methyl sites for hydroxylation is 1. The molecule has 0 saturated carbocycles. The van der Waals surface area contributed by atoms with Gasteiger partial charge in [-0.15, -0.1) is 0 Å². The molecule has 132 valence electrons. The summed E-state index contributed by atoms with van der Waals surface area (Å²) in [6, 6.07) is 12.3. The minimum atomic E-state index is -0.303. The van der Waals surface area contributed by atoms with Gasteiger partial charge in [0.15, 0.2) is 0 Å². The van der Waals surface area contributed by atoms with Crippen molar-refractivity contribution in [3.63, 3.8) is 0 Å². The molecular formula is C18H18Cl2N2O3. The van der Waals surface area contributed by atoms with Crippen LogP contribution in [0, 0.1) is 0 Å². The quantitative estimate of drug-likeness (QED) is 0.755. The number of amides is 2. The van der Waals surface area contributed by atoms with Gasteiger partial charge in [-0.25, -0.2) is 0 Å². The first-order chi connectivity index (χ1) is 12.0. The predicted molar refractivity (Wildman–Crippen MR) is 97.8 cm³/mol. The van der Waals surface area contributed by atoms with Gasteiger partial charge in [0.2, 0.25) is 11.8 Å². The Morgan fingerprint density at radius 2 is 1.60 bits per heavy atom. The molecule has 0 saturated heterocycles. The van der Waals surface area contributed by atoms with Gasteiger partial charge in [-0.3, -0.25) is 20.4 Å². The molecule has 5 nitrogen and oxygen atoms in total. The topological polar surface area (TPSA) is 67.4 Å². The van der Waals surface area contributed by atoms with Crippen molar-refractivity contribution >= 4 is 35.0 Å². The molecule has 0 heterocycles. The number of hydrazine groups is 1. The molecule has 0 bridgehead atoms. The number of hydrogen-bond acceptors (Lipinski definition) is 3. The molecule has 0 aliphatic heterocycles. The summed E-state index contributed by atoms with van der Waals surface area (Å²) in [5, 5.41) is 1.10. The predicted octanol–water partition coefficient (Wildman–Crippen LogP) is 3.32. The van der Waals surface area contributed by atoms with Crippen LogP contribution in [0.5, 0.6) is 5.75 Å². The summed E-state index contributed by atoms with van der Waals surface area (Å²) in [4.78, 5) is 23.6. The van der Waals surface area contributed by atoms with Gasteiger partial charge >= 0.3 is 0 Å². The van der Waals surface area contributed by atoms with Gasteiger partial charge in [-0.2, -0.15) is 0 Å². The molecule has 7 heteroatoms. The van der Waals surface area contributed by atoms with E-state index in [1.165, 1.54) is 0 Å². The maximum atomic E-state index is 11.8. The van der Waals surface area contributed by atoms with Gasteiger partial charge in [0.1, 0.15) is 5.75 Å². The molecule has 2 aromatic rings. The smallest absolute Gasteiger partial charge is 0.242 e. The molecular weight excluding hydrogens is 363 g/mol. The number of halogens is 2. The van der Waals surface area contributed by atoms with Crippen LogP contribution in [-0.4, -0.2) is 18.9 Å². The zero-order valence-electron chi connectivity index (χ0n) is 13.6. The summed E-state index contributed by atoms with van der Waals surface area (Å²) in [7, 11) is 1.54. The lowest BCUT2D eigenvalue weighted by atomic mass is 10.1. The number of benzene rings is 2. The Labute approximate surface area is 156 Å². The van der Waals surface area contributed by atoms with E-state index in [2.05, 4.69) is 10.9 Å². The number of ether oxygens (including phenoxy) is 1. The van der Waals surface area contributed by atoms with Crippen molar-refractivity contribution < 1.29 is 14.3 Å². The van der Waals surface area contributed by atoms with Crippen LogP contribution in [0.4, 0.5) is 0 Å². The van der Waals surface area contributed by atoms with Crippen LogP contribution in [0.3, 0.4) is 0 Å². The molecule has 2 rings (SSSR count).